The molecule has 0 amide bonds. The zero-order valence-electron chi connectivity index (χ0n) is 8.80. The highest BCUT2D eigenvalue weighted by Crippen LogP contribution is 2.39. The summed E-state index contributed by atoms with van der Waals surface area (Å²) in [5.74, 6) is 1.30. The predicted molar refractivity (Wildman–Crippen MR) is 52.0 cm³/mol. The minimum atomic E-state index is -0.0383. The van der Waals surface area contributed by atoms with Crippen molar-refractivity contribution in [1.82, 2.24) is 0 Å². The summed E-state index contributed by atoms with van der Waals surface area (Å²) in [6, 6.07) is 0. The molecule has 0 unspecified atom stereocenters. The summed E-state index contributed by atoms with van der Waals surface area (Å²) in [6.07, 6.45) is 3.37. The molecule has 1 saturated carbocycles. The van der Waals surface area contributed by atoms with E-state index in [9.17, 15) is 5.11 Å². The predicted octanol–water partition coefficient (Wildman–Crippen LogP) is 2.83. The van der Waals surface area contributed by atoms with Crippen LogP contribution in [0.2, 0.25) is 0 Å². The van der Waals surface area contributed by atoms with E-state index in [1.807, 2.05) is 0 Å². The lowest BCUT2D eigenvalue weighted by Crippen LogP contribution is -2.33. The fraction of sp³-hybridized carbons (Fsp3) is 1.00. The van der Waals surface area contributed by atoms with Crippen molar-refractivity contribution in [2.24, 2.45) is 17.3 Å². The highest BCUT2D eigenvalue weighted by Gasteiger charge is 2.32. The van der Waals surface area contributed by atoms with E-state index in [0.717, 1.165) is 12.3 Å². The van der Waals surface area contributed by atoms with Crippen LogP contribution in [0.4, 0.5) is 0 Å². The van der Waals surface area contributed by atoms with Gasteiger partial charge in [0, 0.05) is 0 Å². The molecule has 1 N–H and O–H groups in total. The van der Waals surface area contributed by atoms with E-state index in [0.29, 0.717) is 11.3 Å². The third-order valence-electron chi connectivity index (χ3n) is 3.35. The van der Waals surface area contributed by atoms with Crippen molar-refractivity contribution in [1.29, 1.82) is 0 Å². The lowest BCUT2D eigenvalue weighted by molar-refractivity contribution is 0.0274. The Labute approximate surface area is 76.2 Å². The van der Waals surface area contributed by atoms with Crippen LogP contribution < -0.4 is 0 Å². The smallest absolute Gasteiger partial charge is 0.0566 e. The van der Waals surface area contributed by atoms with Crippen molar-refractivity contribution in [3.05, 3.63) is 0 Å². The molecule has 0 heterocycles. The van der Waals surface area contributed by atoms with Gasteiger partial charge in [-0.05, 0) is 36.5 Å². The van der Waals surface area contributed by atoms with Crippen LogP contribution >= 0.6 is 0 Å². The van der Waals surface area contributed by atoms with E-state index < -0.39 is 0 Å². The molecule has 1 fully saturated rings. The van der Waals surface area contributed by atoms with E-state index in [1.54, 1.807) is 0 Å². The van der Waals surface area contributed by atoms with Gasteiger partial charge >= 0.3 is 0 Å². The summed E-state index contributed by atoms with van der Waals surface area (Å²) in [5, 5.41) is 9.56. The second-order valence-electron chi connectivity index (χ2n) is 5.42. The summed E-state index contributed by atoms with van der Waals surface area (Å²) in [6.45, 7) is 9.09. The molecule has 1 aliphatic carbocycles. The number of hydrogen-bond acceptors (Lipinski definition) is 1. The first kappa shape index (κ1) is 10.0. The monoisotopic (exact) mass is 170 g/mol. The molecular weight excluding hydrogens is 148 g/mol. The SMILES string of the molecule is C[C@@H]1C[C@@H](C(C)(C)C)CC[C@H]1O. The van der Waals surface area contributed by atoms with Gasteiger partial charge in [-0.25, -0.2) is 0 Å². The van der Waals surface area contributed by atoms with E-state index in [2.05, 4.69) is 27.7 Å². The maximum atomic E-state index is 9.56. The lowest BCUT2D eigenvalue weighted by Gasteiger charge is -2.38. The molecule has 1 heteroatoms. The van der Waals surface area contributed by atoms with E-state index >= 15 is 0 Å². The molecular formula is C11H22O. The van der Waals surface area contributed by atoms with Gasteiger partial charge < -0.3 is 5.11 Å². The minimum absolute atomic E-state index is 0.0383. The topological polar surface area (TPSA) is 20.2 Å². The van der Waals surface area contributed by atoms with Gasteiger partial charge in [0.1, 0.15) is 0 Å². The molecule has 3 atom stereocenters. The van der Waals surface area contributed by atoms with Gasteiger partial charge in [0.05, 0.1) is 6.10 Å². The summed E-state index contributed by atoms with van der Waals surface area (Å²) in [5.41, 5.74) is 0.425. The second-order valence-corrected chi connectivity index (χ2v) is 5.42. The van der Waals surface area contributed by atoms with Gasteiger partial charge in [-0.1, -0.05) is 27.7 Å². The van der Waals surface area contributed by atoms with Crippen LogP contribution in [0.3, 0.4) is 0 Å². The zero-order chi connectivity index (χ0) is 9.35. The summed E-state index contributed by atoms with van der Waals surface area (Å²) >= 11 is 0. The Kier molecular flexibility index (Phi) is 2.82. The van der Waals surface area contributed by atoms with Crippen molar-refractivity contribution in [2.75, 3.05) is 0 Å². The molecule has 0 saturated heterocycles. The molecule has 12 heavy (non-hydrogen) atoms. The maximum absolute atomic E-state index is 9.56. The molecule has 0 aromatic rings. The Morgan fingerprint density at radius 3 is 2.17 bits per heavy atom. The normalized spacial score (nSPS) is 38.2. The molecule has 1 aliphatic rings. The minimum Gasteiger partial charge on any atom is -0.393 e. The van der Waals surface area contributed by atoms with Crippen LogP contribution in [0.25, 0.3) is 0 Å². The molecule has 0 aromatic heterocycles. The van der Waals surface area contributed by atoms with Crippen molar-refractivity contribution < 1.29 is 5.11 Å². The standard InChI is InChI=1S/C11H22O/c1-8-7-9(11(2,3)4)5-6-10(8)12/h8-10,12H,5-7H2,1-4H3/t8-,9+,10-/m1/s1. The molecule has 0 aliphatic heterocycles. The largest absolute Gasteiger partial charge is 0.393 e. The Balaban J connectivity index is 2.51. The Bertz CT molecular complexity index is 146. The maximum Gasteiger partial charge on any atom is 0.0566 e. The number of aliphatic hydroxyl groups excluding tert-OH is 1. The molecule has 0 spiro atoms. The Morgan fingerprint density at radius 1 is 1.17 bits per heavy atom. The zero-order valence-corrected chi connectivity index (χ0v) is 8.80. The van der Waals surface area contributed by atoms with Crippen LogP contribution in [0.1, 0.15) is 47.0 Å². The van der Waals surface area contributed by atoms with Gasteiger partial charge in [-0.3, -0.25) is 0 Å². The molecule has 72 valence electrons. The van der Waals surface area contributed by atoms with Crippen molar-refractivity contribution in [2.45, 2.75) is 53.1 Å². The summed E-state index contributed by atoms with van der Waals surface area (Å²) in [4.78, 5) is 0. The fourth-order valence-corrected chi connectivity index (χ4v) is 2.17. The van der Waals surface area contributed by atoms with Crippen molar-refractivity contribution in [3.63, 3.8) is 0 Å². The highest BCUT2D eigenvalue weighted by molar-refractivity contribution is 4.83. The number of rotatable bonds is 0. The van der Waals surface area contributed by atoms with E-state index in [-0.39, 0.29) is 6.10 Å². The first-order valence-corrected chi connectivity index (χ1v) is 5.09. The van der Waals surface area contributed by atoms with Crippen molar-refractivity contribution >= 4 is 0 Å². The van der Waals surface area contributed by atoms with Gasteiger partial charge in [-0.2, -0.15) is 0 Å². The summed E-state index contributed by atoms with van der Waals surface area (Å²) in [7, 11) is 0. The first-order chi connectivity index (χ1) is 5.41. The summed E-state index contributed by atoms with van der Waals surface area (Å²) < 4.78 is 0. The van der Waals surface area contributed by atoms with Crippen LogP contribution in [0.15, 0.2) is 0 Å². The van der Waals surface area contributed by atoms with Crippen LogP contribution in [0.5, 0.6) is 0 Å². The average Bonchev–Trinajstić information content (AvgIpc) is 1.92. The van der Waals surface area contributed by atoms with Gasteiger partial charge in [0.25, 0.3) is 0 Å². The Hall–Kier alpha value is -0.0400. The quantitative estimate of drug-likeness (QED) is 0.592. The third kappa shape index (κ3) is 2.22. The third-order valence-corrected chi connectivity index (χ3v) is 3.35. The van der Waals surface area contributed by atoms with Crippen LogP contribution in [0, 0.1) is 17.3 Å². The van der Waals surface area contributed by atoms with Crippen molar-refractivity contribution in [3.8, 4) is 0 Å². The average molecular weight is 170 g/mol. The molecule has 0 radical (unpaired) electrons. The molecule has 1 rings (SSSR count). The van der Waals surface area contributed by atoms with Gasteiger partial charge in [-0.15, -0.1) is 0 Å². The molecule has 0 aromatic carbocycles. The lowest BCUT2D eigenvalue weighted by atomic mass is 9.69. The first-order valence-electron chi connectivity index (χ1n) is 5.09. The van der Waals surface area contributed by atoms with Gasteiger partial charge in [0.2, 0.25) is 0 Å². The highest BCUT2D eigenvalue weighted by atomic mass is 16.3. The fourth-order valence-electron chi connectivity index (χ4n) is 2.17. The number of hydrogen-bond donors (Lipinski definition) is 1. The van der Waals surface area contributed by atoms with Crippen LogP contribution in [-0.4, -0.2) is 11.2 Å². The van der Waals surface area contributed by atoms with E-state index in [4.69, 9.17) is 0 Å². The molecule has 0 bridgehead atoms. The van der Waals surface area contributed by atoms with E-state index in [1.165, 1.54) is 12.8 Å². The Morgan fingerprint density at radius 2 is 1.75 bits per heavy atom. The number of aliphatic hydroxyl groups is 1. The molecule has 1 nitrogen and oxygen atoms in total. The van der Waals surface area contributed by atoms with Crippen LogP contribution in [-0.2, 0) is 0 Å². The van der Waals surface area contributed by atoms with Gasteiger partial charge in [0.15, 0.2) is 0 Å². The second kappa shape index (κ2) is 3.37.